The first kappa shape index (κ1) is 13.4. The smallest absolute Gasteiger partial charge is 0.231 e. The Morgan fingerprint density at radius 2 is 1.88 bits per heavy atom. The molecule has 0 bridgehead atoms. The van der Waals surface area contributed by atoms with E-state index in [1.807, 2.05) is 27.9 Å². The topological polar surface area (TPSA) is 86.2 Å². The van der Waals surface area contributed by atoms with Gasteiger partial charge in [-0.2, -0.15) is 15.0 Å². The molecule has 0 aliphatic heterocycles. The van der Waals surface area contributed by atoms with Crippen LogP contribution in [0.1, 0.15) is 13.8 Å². The van der Waals surface area contributed by atoms with Crippen molar-refractivity contribution in [2.45, 2.75) is 19.9 Å². The summed E-state index contributed by atoms with van der Waals surface area (Å²) in [6.45, 7) is 4.60. The molecule has 0 aliphatic rings. The van der Waals surface area contributed by atoms with Crippen molar-refractivity contribution in [1.82, 2.24) is 15.0 Å². The van der Waals surface area contributed by atoms with Crippen LogP contribution >= 0.6 is 0 Å². The molecule has 1 atom stereocenters. The lowest BCUT2D eigenvalue weighted by molar-refractivity contribution is 0.281. The van der Waals surface area contributed by atoms with Crippen LogP contribution in [0.2, 0.25) is 0 Å². The fourth-order valence-corrected chi connectivity index (χ4v) is 1.13. The third kappa shape index (κ3) is 4.03. The molecule has 3 N–H and O–H groups in total. The molecule has 7 heteroatoms. The van der Waals surface area contributed by atoms with E-state index in [-0.39, 0.29) is 12.6 Å². The first-order valence-corrected chi connectivity index (χ1v) is 5.61. The molecule has 1 aromatic rings. The number of hydrogen-bond acceptors (Lipinski definition) is 7. The Bertz CT molecular complexity index is 357. The highest BCUT2D eigenvalue weighted by molar-refractivity contribution is 5.43. The second kappa shape index (κ2) is 6.19. The van der Waals surface area contributed by atoms with Crippen molar-refractivity contribution in [2.75, 3.05) is 42.8 Å². The zero-order chi connectivity index (χ0) is 12.8. The van der Waals surface area contributed by atoms with E-state index in [4.69, 9.17) is 5.11 Å². The number of rotatable bonds is 6. The van der Waals surface area contributed by atoms with Gasteiger partial charge in [0.2, 0.25) is 17.8 Å². The van der Waals surface area contributed by atoms with Gasteiger partial charge in [-0.05, 0) is 13.8 Å². The molecule has 1 rings (SSSR count). The largest absolute Gasteiger partial charge is 0.394 e. The van der Waals surface area contributed by atoms with Gasteiger partial charge in [0.15, 0.2) is 0 Å². The molecule has 1 heterocycles. The maximum atomic E-state index is 8.99. The molecule has 0 saturated carbocycles. The molecule has 1 aromatic heterocycles. The van der Waals surface area contributed by atoms with E-state index in [0.717, 1.165) is 6.54 Å². The summed E-state index contributed by atoms with van der Waals surface area (Å²) >= 11 is 0. The van der Waals surface area contributed by atoms with Gasteiger partial charge in [-0.3, -0.25) is 0 Å². The van der Waals surface area contributed by atoms with Gasteiger partial charge in [-0.15, -0.1) is 0 Å². The lowest BCUT2D eigenvalue weighted by Crippen LogP contribution is -2.23. The van der Waals surface area contributed by atoms with Crippen LogP contribution in [0.3, 0.4) is 0 Å². The Labute approximate surface area is 101 Å². The molecule has 0 aromatic carbocycles. The Morgan fingerprint density at radius 3 is 2.41 bits per heavy atom. The maximum absolute atomic E-state index is 8.99. The van der Waals surface area contributed by atoms with E-state index in [1.165, 1.54) is 0 Å². The molecule has 0 aliphatic carbocycles. The Kier molecular flexibility index (Phi) is 4.89. The molecule has 1 unspecified atom stereocenters. The summed E-state index contributed by atoms with van der Waals surface area (Å²) in [7, 11) is 3.73. The molecule has 0 saturated heterocycles. The van der Waals surface area contributed by atoms with Gasteiger partial charge in [0.1, 0.15) is 0 Å². The minimum absolute atomic E-state index is 0.0273. The van der Waals surface area contributed by atoms with Crippen LogP contribution in [-0.2, 0) is 0 Å². The second-order valence-electron chi connectivity index (χ2n) is 3.94. The van der Waals surface area contributed by atoms with E-state index in [2.05, 4.69) is 25.6 Å². The van der Waals surface area contributed by atoms with Gasteiger partial charge in [0.25, 0.3) is 0 Å². The van der Waals surface area contributed by atoms with Crippen molar-refractivity contribution in [3.8, 4) is 0 Å². The van der Waals surface area contributed by atoms with Crippen LogP contribution < -0.4 is 15.5 Å². The predicted molar refractivity (Wildman–Crippen MR) is 68.5 cm³/mol. The highest BCUT2D eigenvalue weighted by Crippen LogP contribution is 2.11. The predicted octanol–water partition coefficient (Wildman–Crippen LogP) is 0.162. The summed E-state index contributed by atoms with van der Waals surface area (Å²) in [5.74, 6) is 1.56. The normalized spacial score (nSPS) is 12.1. The van der Waals surface area contributed by atoms with Crippen molar-refractivity contribution in [3.63, 3.8) is 0 Å². The average molecular weight is 240 g/mol. The van der Waals surface area contributed by atoms with Crippen molar-refractivity contribution in [2.24, 2.45) is 0 Å². The summed E-state index contributed by atoms with van der Waals surface area (Å²) in [4.78, 5) is 14.5. The molecule has 0 spiro atoms. The molecular weight excluding hydrogens is 220 g/mol. The van der Waals surface area contributed by atoms with Crippen LogP contribution in [0, 0.1) is 0 Å². The summed E-state index contributed by atoms with van der Waals surface area (Å²) in [5.41, 5.74) is 0. The highest BCUT2D eigenvalue weighted by Gasteiger charge is 2.09. The van der Waals surface area contributed by atoms with Crippen LogP contribution in [0.4, 0.5) is 17.8 Å². The van der Waals surface area contributed by atoms with Gasteiger partial charge in [-0.25, -0.2) is 0 Å². The Morgan fingerprint density at radius 1 is 1.24 bits per heavy atom. The van der Waals surface area contributed by atoms with Crippen molar-refractivity contribution in [1.29, 1.82) is 0 Å². The van der Waals surface area contributed by atoms with Crippen LogP contribution in [-0.4, -0.2) is 53.3 Å². The summed E-state index contributed by atoms with van der Waals surface area (Å²) in [6, 6.07) is -0.0955. The molecule has 0 radical (unpaired) electrons. The molecular formula is C10H20N6O. The van der Waals surface area contributed by atoms with Crippen LogP contribution in [0.25, 0.3) is 0 Å². The second-order valence-corrected chi connectivity index (χ2v) is 3.94. The Balaban J connectivity index is 2.94. The fourth-order valence-electron chi connectivity index (χ4n) is 1.13. The number of anilines is 3. The quantitative estimate of drug-likeness (QED) is 0.653. The molecule has 0 amide bonds. The number of aliphatic hydroxyl groups excluding tert-OH is 1. The molecule has 96 valence electrons. The van der Waals surface area contributed by atoms with Gasteiger partial charge in [-0.1, -0.05) is 0 Å². The van der Waals surface area contributed by atoms with Crippen molar-refractivity contribution in [3.05, 3.63) is 0 Å². The number of hydrogen-bond donors (Lipinski definition) is 3. The fraction of sp³-hybridized carbons (Fsp3) is 0.700. The van der Waals surface area contributed by atoms with Crippen LogP contribution in [0.15, 0.2) is 0 Å². The lowest BCUT2D eigenvalue weighted by Gasteiger charge is -2.15. The zero-order valence-electron chi connectivity index (χ0n) is 10.7. The maximum Gasteiger partial charge on any atom is 0.231 e. The number of nitrogens with one attached hydrogen (secondary N) is 2. The minimum atomic E-state index is -0.0955. The van der Waals surface area contributed by atoms with Gasteiger partial charge >= 0.3 is 0 Å². The summed E-state index contributed by atoms with van der Waals surface area (Å²) < 4.78 is 0. The van der Waals surface area contributed by atoms with Crippen molar-refractivity contribution >= 4 is 17.8 Å². The SMILES string of the molecule is CCNc1nc(NC(C)CO)nc(N(C)C)n1. The number of nitrogens with zero attached hydrogens (tertiary/aromatic N) is 4. The third-order valence-electron chi connectivity index (χ3n) is 2.01. The number of aliphatic hydroxyl groups is 1. The van der Waals surface area contributed by atoms with Crippen LogP contribution in [0.5, 0.6) is 0 Å². The molecule has 0 fully saturated rings. The van der Waals surface area contributed by atoms with E-state index < -0.39 is 0 Å². The number of aromatic nitrogens is 3. The minimum Gasteiger partial charge on any atom is -0.394 e. The van der Waals surface area contributed by atoms with E-state index >= 15 is 0 Å². The highest BCUT2D eigenvalue weighted by atomic mass is 16.3. The molecule has 17 heavy (non-hydrogen) atoms. The van der Waals surface area contributed by atoms with E-state index in [0.29, 0.717) is 17.8 Å². The monoisotopic (exact) mass is 240 g/mol. The van der Waals surface area contributed by atoms with Gasteiger partial charge < -0.3 is 20.6 Å². The first-order valence-electron chi connectivity index (χ1n) is 5.61. The summed E-state index contributed by atoms with van der Waals surface area (Å²) in [6.07, 6.45) is 0. The summed E-state index contributed by atoms with van der Waals surface area (Å²) in [5, 5.41) is 15.0. The van der Waals surface area contributed by atoms with Gasteiger partial charge in [0.05, 0.1) is 6.61 Å². The Hall–Kier alpha value is -1.63. The standard InChI is InChI=1S/C10H20N6O/c1-5-11-8-13-9(12-7(2)6-17)15-10(14-8)16(3)4/h7,17H,5-6H2,1-4H3,(H2,11,12,13,14,15). The third-order valence-corrected chi connectivity index (χ3v) is 2.01. The molecule has 7 nitrogen and oxygen atoms in total. The zero-order valence-corrected chi connectivity index (χ0v) is 10.7. The van der Waals surface area contributed by atoms with Crippen molar-refractivity contribution < 1.29 is 5.11 Å². The average Bonchev–Trinajstić information content (AvgIpc) is 2.29. The van der Waals surface area contributed by atoms with E-state index in [1.54, 1.807) is 4.90 Å². The first-order chi connectivity index (χ1) is 8.06. The van der Waals surface area contributed by atoms with E-state index in [9.17, 15) is 0 Å². The van der Waals surface area contributed by atoms with Gasteiger partial charge in [0, 0.05) is 26.7 Å². The lowest BCUT2D eigenvalue weighted by atomic mass is 10.4.